The van der Waals surface area contributed by atoms with E-state index in [0.29, 0.717) is 23.2 Å². The summed E-state index contributed by atoms with van der Waals surface area (Å²) >= 11 is 2.29. The van der Waals surface area contributed by atoms with Crippen molar-refractivity contribution in [3.63, 3.8) is 0 Å². The lowest BCUT2D eigenvalue weighted by atomic mass is 10.2. The van der Waals surface area contributed by atoms with Gasteiger partial charge in [0.2, 0.25) is 0 Å². The summed E-state index contributed by atoms with van der Waals surface area (Å²) in [4.78, 5) is 23.6. The molecule has 1 fully saturated rings. The monoisotopic (exact) mass is 393 g/mol. The summed E-state index contributed by atoms with van der Waals surface area (Å²) in [5.41, 5.74) is 1.03. The van der Waals surface area contributed by atoms with Crippen LogP contribution in [0, 0.1) is 5.92 Å². The first-order valence-electron chi connectivity index (χ1n) is 8.10. The van der Waals surface area contributed by atoms with Crippen LogP contribution in [-0.2, 0) is 5.75 Å². The zero-order valence-electron chi connectivity index (χ0n) is 14.2. The van der Waals surface area contributed by atoms with E-state index in [-0.39, 0.29) is 10.6 Å². The molecular formula is C17H19N3O4S2. The fraction of sp³-hybridized carbons (Fsp3) is 0.353. The summed E-state index contributed by atoms with van der Waals surface area (Å²) in [6.07, 6.45) is 2.26. The second kappa shape index (κ2) is 8.41. The lowest BCUT2D eigenvalue weighted by Crippen LogP contribution is -2.30. The van der Waals surface area contributed by atoms with E-state index in [0.717, 1.165) is 35.7 Å². The molecule has 1 aromatic carbocycles. The molecule has 0 aliphatic heterocycles. The molecule has 1 heterocycles. The molecule has 2 aromatic rings. The van der Waals surface area contributed by atoms with Gasteiger partial charge in [-0.1, -0.05) is 23.9 Å². The number of hydrogen-bond donors (Lipinski definition) is 3. The lowest BCUT2D eigenvalue weighted by Gasteiger charge is -2.06. The Morgan fingerprint density at radius 3 is 2.92 bits per heavy atom. The molecule has 0 spiro atoms. The van der Waals surface area contributed by atoms with E-state index in [1.54, 1.807) is 7.11 Å². The quantitative estimate of drug-likeness (QED) is 0.592. The van der Waals surface area contributed by atoms with Crippen molar-refractivity contribution < 1.29 is 19.4 Å². The van der Waals surface area contributed by atoms with E-state index in [2.05, 4.69) is 15.0 Å². The molecule has 26 heavy (non-hydrogen) atoms. The Hall–Kier alpha value is -2.26. The van der Waals surface area contributed by atoms with Crippen LogP contribution in [0.15, 0.2) is 29.3 Å². The van der Waals surface area contributed by atoms with Crippen molar-refractivity contribution in [3.05, 3.63) is 35.4 Å². The number of carbonyl (C=O) groups is 2. The lowest BCUT2D eigenvalue weighted by molar-refractivity contribution is 0.0694. The topological polar surface area (TPSA) is 101 Å². The summed E-state index contributed by atoms with van der Waals surface area (Å²) in [7, 11) is 1.60. The van der Waals surface area contributed by atoms with E-state index in [9.17, 15) is 14.7 Å². The smallest absolute Gasteiger partial charge is 0.341 e. The fourth-order valence-electron chi connectivity index (χ4n) is 2.27. The molecule has 7 nitrogen and oxygen atoms in total. The number of aromatic nitrogens is 1. The molecule has 1 saturated carbocycles. The van der Waals surface area contributed by atoms with Gasteiger partial charge in [0.1, 0.15) is 21.3 Å². The number of urea groups is 1. The minimum absolute atomic E-state index is 0.0319. The molecule has 9 heteroatoms. The highest BCUT2D eigenvalue weighted by atomic mass is 32.2. The number of benzene rings is 1. The highest BCUT2D eigenvalue weighted by molar-refractivity contribution is 7.98. The number of carboxylic acids is 1. The molecular weight excluding hydrogens is 374 g/mol. The van der Waals surface area contributed by atoms with E-state index in [1.807, 2.05) is 24.3 Å². The first-order valence-corrected chi connectivity index (χ1v) is 9.86. The molecule has 138 valence electrons. The maximum atomic E-state index is 11.9. The minimum atomic E-state index is -1.11. The third kappa shape index (κ3) is 4.89. The first kappa shape index (κ1) is 18.5. The Morgan fingerprint density at radius 2 is 2.23 bits per heavy atom. The maximum absolute atomic E-state index is 11.9. The van der Waals surface area contributed by atoms with Crippen LogP contribution in [0.5, 0.6) is 5.75 Å². The number of aromatic carboxylic acids is 1. The van der Waals surface area contributed by atoms with Gasteiger partial charge in [0.05, 0.1) is 7.11 Å². The van der Waals surface area contributed by atoms with Gasteiger partial charge in [-0.05, 0) is 48.0 Å². The molecule has 3 rings (SSSR count). The second-order valence-corrected chi connectivity index (χ2v) is 7.65. The summed E-state index contributed by atoms with van der Waals surface area (Å²) in [5, 5.41) is 15.5. The summed E-state index contributed by atoms with van der Waals surface area (Å²) in [6, 6.07) is 7.16. The van der Waals surface area contributed by atoms with Crippen LogP contribution in [0.25, 0.3) is 0 Å². The van der Waals surface area contributed by atoms with Gasteiger partial charge in [-0.25, -0.2) is 9.59 Å². The van der Waals surface area contributed by atoms with E-state index >= 15 is 0 Å². The Labute approximate surface area is 159 Å². The Bertz CT molecular complexity index is 805. The second-order valence-electron chi connectivity index (χ2n) is 5.92. The number of carbonyl (C=O) groups excluding carboxylic acids is 1. The molecule has 0 saturated heterocycles. The van der Waals surface area contributed by atoms with Crippen molar-refractivity contribution in [1.29, 1.82) is 0 Å². The highest BCUT2D eigenvalue weighted by Crippen LogP contribution is 2.34. The largest absolute Gasteiger partial charge is 0.497 e. The molecule has 0 bridgehead atoms. The van der Waals surface area contributed by atoms with Gasteiger partial charge in [0, 0.05) is 12.3 Å². The Kier molecular flexibility index (Phi) is 6.00. The molecule has 0 unspecified atom stereocenters. The van der Waals surface area contributed by atoms with Crippen molar-refractivity contribution in [3.8, 4) is 5.75 Å². The molecule has 1 aliphatic rings. The van der Waals surface area contributed by atoms with Crippen LogP contribution in [0.1, 0.15) is 28.8 Å². The molecule has 2 amide bonds. The SMILES string of the molecule is COc1cccc(CSc2nsc(NC(=O)NCC3CC3)c2C(=O)O)c1. The molecule has 3 N–H and O–H groups in total. The summed E-state index contributed by atoms with van der Waals surface area (Å²) < 4.78 is 9.40. The number of anilines is 1. The fourth-order valence-corrected chi connectivity index (χ4v) is 4.15. The zero-order valence-corrected chi connectivity index (χ0v) is 15.8. The standard InChI is InChI=1S/C17H19N3O4S2/c1-24-12-4-2-3-11(7-12)9-25-15-13(16(21)22)14(26-20-15)19-17(23)18-8-10-5-6-10/h2-4,7,10H,5-6,8-9H2,1H3,(H,21,22)(H2,18,19,23). The van der Waals surface area contributed by atoms with Crippen LogP contribution in [-0.4, -0.2) is 35.1 Å². The van der Waals surface area contributed by atoms with Gasteiger partial charge in [-0.2, -0.15) is 4.37 Å². The number of ether oxygens (including phenoxy) is 1. The van der Waals surface area contributed by atoms with E-state index < -0.39 is 12.0 Å². The van der Waals surface area contributed by atoms with Gasteiger partial charge in [-0.3, -0.25) is 5.32 Å². The average Bonchev–Trinajstić information content (AvgIpc) is 3.38. The van der Waals surface area contributed by atoms with Crippen molar-refractivity contribution >= 4 is 40.3 Å². The van der Waals surface area contributed by atoms with Gasteiger partial charge in [0.25, 0.3) is 0 Å². The number of nitrogens with zero attached hydrogens (tertiary/aromatic N) is 1. The van der Waals surface area contributed by atoms with Crippen LogP contribution in [0.3, 0.4) is 0 Å². The predicted molar refractivity (Wildman–Crippen MR) is 101 cm³/mol. The average molecular weight is 393 g/mol. The third-order valence-electron chi connectivity index (χ3n) is 3.86. The Balaban J connectivity index is 1.65. The molecule has 1 aromatic heterocycles. The summed E-state index contributed by atoms with van der Waals surface area (Å²) in [5.74, 6) is 0.739. The number of methoxy groups -OCH3 is 1. The van der Waals surface area contributed by atoms with Crippen LogP contribution in [0.2, 0.25) is 0 Å². The van der Waals surface area contributed by atoms with Crippen molar-refractivity contribution in [2.24, 2.45) is 5.92 Å². The van der Waals surface area contributed by atoms with Gasteiger partial charge in [0.15, 0.2) is 0 Å². The van der Waals surface area contributed by atoms with Crippen molar-refractivity contribution in [1.82, 2.24) is 9.69 Å². The number of nitrogens with one attached hydrogen (secondary N) is 2. The first-order chi connectivity index (χ1) is 12.6. The van der Waals surface area contributed by atoms with Crippen LogP contribution < -0.4 is 15.4 Å². The van der Waals surface area contributed by atoms with Crippen molar-refractivity contribution in [2.45, 2.75) is 23.6 Å². The van der Waals surface area contributed by atoms with E-state index in [4.69, 9.17) is 4.74 Å². The summed E-state index contributed by atoms with van der Waals surface area (Å²) in [6.45, 7) is 0.616. The number of amides is 2. The predicted octanol–water partition coefficient (Wildman–Crippen LogP) is 3.67. The number of rotatable bonds is 8. The van der Waals surface area contributed by atoms with E-state index in [1.165, 1.54) is 11.8 Å². The minimum Gasteiger partial charge on any atom is -0.497 e. The molecule has 0 atom stereocenters. The number of hydrogen-bond acceptors (Lipinski definition) is 6. The van der Waals surface area contributed by atoms with Crippen LogP contribution >= 0.6 is 23.3 Å². The number of thioether (sulfide) groups is 1. The highest BCUT2D eigenvalue weighted by Gasteiger charge is 2.24. The normalized spacial score (nSPS) is 13.3. The molecule has 1 aliphatic carbocycles. The van der Waals surface area contributed by atoms with Gasteiger partial charge in [-0.15, -0.1) is 0 Å². The van der Waals surface area contributed by atoms with Crippen molar-refractivity contribution in [2.75, 3.05) is 19.0 Å². The molecule has 0 radical (unpaired) electrons. The Morgan fingerprint density at radius 1 is 1.42 bits per heavy atom. The van der Waals surface area contributed by atoms with Gasteiger partial charge >= 0.3 is 12.0 Å². The third-order valence-corrected chi connectivity index (χ3v) is 5.78. The number of carboxylic acid groups (broad SMARTS) is 1. The van der Waals surface area contributed by atoms with Crippen LogP contribution in [0.4, 0.5) is 9.80 Å². The van der Waals surface area contributed by atoms with Gasteiger partial charge < -0.3 is 15.2 Å². The maximum Gasteiger partial charge on any atom is 0.341 e. The zero-order chi connectivity index (χ0) is 18.5.